The molecule has 0 radical (unpaired) electrons. The number of amides is 2. The van der Waals surface area contributed by atoms with Crippen LogP contribution in [-0.2, 0) is 6.42 Å². The van der Waals surface area contributed by atoms with Crippen LogP contribution in [0.3, 0.4) is 0 Å². The van der Waals surface area contributed by atoms with E-state index in [1.165, 1.54) is 0 Å². The Morgan fingerprint density at radius 2 is 2.19 bits per heavy atom. The number of rotatable bonds is 5. The highest BCUT2D eigenvalue weighted by atomic mass is 16.2. The molecule has 0 aromatic carbocycles. The first kappa shape index (κ1) is 12.5. The average Bonchev–Trinajstić information content (AvgIpc) is 2.32. The van der Waals surface area contributed by atoms with Gasteiger partial charge in [-0.25, -0.2) is 4.79 Å². The van der Waals surface area contributed by atoms with Crippen molar-refractivity contribution in [3.05, 3.63) is 30.1 Å². The molecule has 0 saturated heterocycles. The fraction of sp³-hybridized carbons (Fsp3) is 0.500. The molecule has 4 nitrogen and oxygen atoms in total. The predicted octanol–water partition coefficient (Wildman–Crippen LogP) is 1.68. The Kier molecular flexibility index (Phi) is 5.32. The molecule has 88 valence electrons. The molecule has 1 aromatic rings. The van der Waals surface area contributed by atoms with Crippen LogP contribution >= 0.6 is 0 Å². The van der Waals surface area contributed by atoms with Gasteiger partial charge >= 0.3 is 6.03 Å². The molecule has 4 heteroatoms. The number of carbonyl (C=O) groups is 1. The Morgan fingerprint density at radius 1 is 1.44 bits per heavy atom. The average molecular weight is 221 g/mol. The van der Waals surface area contributed by atoms with Crippen LogP contribution < -0.4 is 5.32 Å². The predicted molar refractivity (Wildman–Crippen MR) is 64.3 cm³/mol. The summed E-state index contributed by atoms with van der Waals surface area (Å²) in [5, 5.41) is 2.89. The number of hydrogen-bond acceptors (Lipinski definition) is 2. The lowest BCUT2D eigenvalue weighted by molar-refractivity contribution is 0.203. The van der Waals surface area contributed by atoms with Crippen LogP contribution in [0.1, 0.15) is 19.4 Å². The zero-order valence-corrected chi connectivity index (χ0v) is 9.94. The fourth-order valence-corrected chi connectivity index (χ4v) is 1.48. The van der Waals surface area contributed by atoms with Crippen molar-refractivity contribution >= 4 is 6.03 Å². The number of hydrogen-bond donors (Lipinski definition) is 1. The van der Waals surface area contributed by atoms with Crippen LogP contribution in [0.2, 0.25) is 0 Å². The van der Waals surface area contributed by atoms with Crippen LogP contribution in [0.15, 0.2) is 24.5 Å². The minimum Gasteiger partial charge on any atom is -0.338 e. The Labute approximate surface area is 96.7 Å². The van der Waals surface area contributed by atoms with Gasteiger partial charge in [-0.15, -0.1) is 0 Å². The van der Waals surface area contributed by atoms with E-state index in [4.69, 9.17) is 0 Å². The van der Waals surface area contributed by atoms with Crippen LogP contribution in [-0.4, -0.2) is 35.5 Å². The van der Waals surface area contributed by atoms with E-state index in [0.29, 0.717) is 6.54 Å². The Bertz CT molecular complexity index is 309. The molecule has 16 heavy (non-hydrogen) atoms. The summed E-state index contributed by atoms with van der Waals surface area (Å²) < 4.78 is 0. The van der Waals surface area contributed by atoms with Crippen LogP contribution in [0.4, 0.5) is 4.79 Å². The normalized spacial score (nSPS) is 9.88. The van der Waals surface area contributed by atoms with Crippen molar-refractivity contribution in [2.75, 3.05) is 19.6 Å². The van der Waals surface area contributed by atoms with Crippen molar-refractivity contribution in [2.45, 2.75) is 20.3 Å². The summed E-state index contributed by atoms with van der Waals surface area (Å²) in [6.07, 6.45) is 4.39. The molecule has 1 aromatic heterocycles. The summed E-state index contributed by atoms with van der Waals surface area (Å²) >= 11 is 0. The van der Waals surface area contributed by atoms with Gasteiger partial charge in [0, 0.05) is 32.0 Å². The van der Waals surface area contributed by atoms with Gasteiger partial charge in [0.2, 0.25) is 0 Å². The summed E-state index contributed by atoms with van der Waals surface area (Å²) in [6.45, 7) is 6.10. The molecule has 0 fully saturated rings. The first-order chi connectivity index (χ1) is 7.77. The first-order valence-electron chi connectivity index (χ1n) is 5.69. The highest BCUT2D eigenvalue weighted by Gasteiger charge is 2.07. The lowest BCUT2D eigenvalue weighted by Gasteiger charge is -2.19. The van der Waals surface area contributed by atoms with Crippen molar-refractivity contribution in [1.29, 1.82) is 0 Å². The summed E-state index contributed by atoms with van der Waals surface area (Å²) in [7, 11) is 0. The van der Waals surface area contributed by atoms with Gasteiger partial charge < -0.3 is 10.2 Å². The van der Waals surface area contributed by atoms with Crippen LogP contribution in [0, 0.1) is 0 Å². The zero-order valence-electron chi connectivity index (χ0n) is 9.94. The fourth-order valence-electron chi connectivity index (χ4n) is 1.48. The molecule has 0 aliphatic rings. The number of pyridine rings is 1. The molecule has 2 amide bonds. The van der Waals surface area contributed by atoms with E-state index in [1.54, 1.807) is 11.1 Å². The third kappa shape index (κ3) is 3.88. The molecule has 1 N–H and O–H groups in total. The van der Waals surface area contributed by atoms with Crippen molar-refractivity contribution < 1.29 is 4.79 Å². The third-order valence-electron chi connectivity index (χ3n) is 2.46. The smallest absolute Gasteiger partial charge is 0.317 e. The number of nitrogens with one attached hydrogen (secondary N) is 1. The number of urea groups is 1. The minimum absolute atomic E-state index is 0.00823. The van der Waals surface area contributed by atoms with E-state index in [0.717, 1.165) is 25.1 Å². The van der Waals surface area contributed by atoms with E-state index in [2.05, 4.69) is 10.3 Å². The van der Waals surface area contributed by atoms with Gasteiger partial charge in [-0.2, -0.15) is 0 Å². The maximum absolute atomic E-state index is 11.6. The second-order valence-electron chi connectivity index (χ2n) is 3.52. The van der Waals surface area contributed by atoms with Gasteiger partial charge in [-0.05, 0) is 31.9 Å². The van der Waals surface area contributed by atoms with E-state index in [9.17, 15) is 4.79 Å². The molecule has 0 aliphatic carbocycles. The molecule has 0 bridgehead atoms. The summed E-state index contributed by atoms with van der Waals surface area (Å²) in [5.41, 5.74) is 1.14. The highest BCUT2D eigenvalue weighted by molar-refractivity contribution is 5.74. The van der Waals surface area contributed by atoms with Gasteiger partial charge in [-0.3, -0.25) is 4.98 Å². The molecule has 0 aliphatic heterocycles. The van der Waals surface area contributed by atoms with Crippen molar-refractivity contribution in [1.82, 2.24) is 15.2 Å². The van der Waals surface area contributed by atoms with Crippen molar-refractivity contribution in [3.8, 4) is 0 Å². The van der Waals surface area contributed by atoms with Crippen molar-refractivity contribution in [2.24, 2.45) is 0 Å². The van der Waals surface area contributed by atoms with E-state index in [-0.39, 0.29) is 6.03 Å². The van der Waals surface area contributed by atoms with Gasteiger partial charge in [0.05, 0.1) is 0 Å². The zero-order chi connectivity index (χ0) is 11.8. The molecule has 0 atom stereocenters. The minimum atomic E-state index is 0.00823. The molecule has 0 unspecified atom stereocenters. The number of aromatic nitrogens is 1. The lowest BCUT2D eigenvalue weighted by Crippen LogP contribution is -2.40. The maximum Gasteiger partial charge on any atom is 0.317 e. The quantitative estimate of drug-likeness (QED) is 0.822. The number of carbonyl (C=O) groups excluding carboxylic acids is 1. The standard InChI is InChI=1S/C12H19N3O/c1-3-15(4-2)12(16)14-9-7-11-6-5-8-13-10-11/h5-6,8,10H,3-4,7,9H2,1-2H3,(H,14,16). The first-order valence-corrected chi connectivity index (χ1v) is 5.69. The molecular formula is C12H19N3O. The summed E-state index contributed by atoms with van der Waals surface area (Å²) in [5.74, 6) is 0. The summed E-state index contributed by atoms with van der Waals surface area (Å²) in [4.78, 5) is 17.4. The second-order valence-corrected chi connectivity index (χ2v) is 3.52. The Morgan fingerprint density at radius 3 is 2.75 bits per heavy atom. The van der Waals surface area contributed by atoms with E-state index >= 15 is 0 Å². The van der Waals surface area contributed by atoms with Crippen LogP contribution in [0.25, 0.3) is 0 Å². The molecule has 0 saturated carbocycles. The molecular weight excluding hydrogens is 202 g/mol. The SMILES string of the molecule is CCN(CC)C(=O)NCCc1cccnc1. The Hall–Kier alpha value is -1.58. The third-order valence-corrected chi connectivity index (χ3v) is 2.46. The van der Waals surface area contributed by atoms with Gasteiger partial charge in [-0.1, -0.05) is 6.07 Å². The molecule has 1 heterocycles. The molecule has 1 rings (SSSR count). The van der Waals surface area contributed by atoms with Gasteiger partial charge in [0.15, 0.2) is 0 Å². The largest absolute Gasteiger partial charge is 0.338 e. The maximum atomic E-state index is 11.6. The van der Waals surface area contributed by atoms with Gasteiger partial charge in [0.25, 0.3) is 0 Å². The van der Waals surface area contributed by atoms with Crippen molar-refractivity contribution in [3.63, 3.8) is 0 Å². The van der Waals surface area contributed by atoms with Gasteiger partial charge in [0.1, 0.15) is 0 Å². The number of nitrogens with zero attached hydrogens (tertiary/aromatic N) is 2. The van der Waals surface area contributed by atoms with Crippen LogP contribution in [0.5, 0.6) is 0 Å². The topological polar surface area (TPSA) is 45.2 Å². The lowest BCUT2D eigenvalue weighted by atomic mass is 10.2. The van der Waals surface area contributed by atoms with E-state index < -0.39 is 0 Å². The van der Waals surface area contributed by atoms with E-state index in [1.807, 2.05) is 32.2 Å². The molecule has 0 spiro atoms. The summed E-state index contributed by atoms with van der Waals surface area (Å²) in [6, 6.07) is 3.92. The monoisotopic (exact) mass is 221 g/mol. The second kappa shape index (κ2) is 6.82. The highest BCUT2D eigenvalue weighted by Crippen LogP contribution is 1.96. The Balaban J connectivity index is 2.28.